The molecular weight excluding hydrogens is 222 g/mol. The van der Waals surface area contributed by atoms with Crippen LogP contribution in [0.25, 0.3) is 0 Å². The van der Waals surface area contributed by atoms with E-state index >= 15 is 0 Å². The molecule has 1 N–H and O–H groups in total. The summed E-state index contributed by atoms with van der Waals surface area (Å²) in [7, 11) is -2.90. The van der Waals surface area contributed by atoms with E-state index in [9.17, 15) is 8.42 Å². The summed E-state index contributed by atoms with van der Waals surface area (Å²) in [6.07, 6.45) is 0. The third-order valence-corrected chi connectivity index (χ3v) is 5.63. The van der Waals surface area contributed by atoms with Gasteiger partial charge < -0.3 is 5.32 Å². The maximum absolute atomic E-state index is 11.5. The number of hydrogen-bond acceptors (Lipinski definition) is 3. The lowest BCUT2D eigenvalue weighted by Gasteiger charge is -2.29. The highest BCUT2D eigenvalue weighted by molar-refractivity contribution is 7.92. The van der Waals surface area contributed by atoms with Crippen LogP contribution in [0.15, 0.2) is 0 Å². The molecule has 0 aromatic rings. The van der Waals surface area contributed by atoms with Gasteiger partial charge in [0.15, 0.2) is 9.84 Å². The summed E-state index contributed by atoms with van der Waals surface area (Å²) in [5.74, 6) is 0.820. The van der Waals surface area contributed by atoms with Gasteiger partial charge in [-0.25, -0.2) is 8.42 Å². The monoisotopic (exact) mass is 249 g/mol. The van der Waals surface area contributed by atoms with Gasteiger partial charge in [0.2, 0.25) is 0 Å². The smallest absolute Gasteiger partial charge is 0.153 e. The first kappa shape index (κ1) is 15.9. The molecule has 0 unspecified atom stereocenters. The number of nitrogens with one attached hydrogen (secondary N) is 1. The minimum Gasteiger partial charge on any atom is -0.315 e. The highest BCUT2D eigenvalue weighted by Gasteiger charge is 2.22. The molecule has 3 nitrogen and oxygen atoms in total. The van der Waals surface area contributed by atoms with Gasteiger partial charge >= 0.3 is 0 Å². The average Bonchev–Trinajstić information content (AvgIpc) is 2.12. The third kappa shape index (κ3) is 5.30. The van der Waals surface area contributed by atoms with Crippen molar-refractivity contribution in [2.45, 2.75) is 46.8 Å². The van der Waals surface area contributed by atoms with Crippen molar-refractivity contribution in [3.8, 4) is 0 Å². The van der Waals surface area contributed by atoms with Gasteiger partial charge in [-0.3, -0.25) is 0 Å². The standard InChI is InChI=1S/C12H27NO2S/c1-10(2)12(5,6)9-13-7-8-16(14,15)11(3)4/h10-11,13H,7-9H2,1-6H3. The van der Waals surface area contributed by atoms with Crippen LogP contribution in [0.2, 0.25) is 0 Å². The predicted octanol–water partition coefficient (Wildman–Crippen LogP) is 2.08. The molecule has 0 saturated carbocycles. The zero-order chi connectivity index (χ0) is 13.0. The Bertz CT molecular complexity index is 292. The molecule has 0 aromatic heterocycles. The van der Waals surface area contributed by atoms with Crippen LogP contribution >= 0.6 is 0 Å². The van der Waals surface area contributed by atoms with Crippen molar-refractivity contribution >= 4 is 9.84 Å². The van der Waals surface area contributed by atoms with Crippen LogP contribution in [-0.2, 0) is 9.84 Å². The molecule has 0 heterocycles. The van der Waals surface area contributed by atoms with E-state index < -0.39 is 9.84 Å². The summed E-state index contributed by atoms with van der Waals surface area (Å²) in [6.45, 7) is 13.6. The molecule has 0 saturated heterocycles. The van der Waals surface area contributed by atoms with Crippen LogP contribution in [0, 0.1) is 11.3 Å². The quantitative estimate of drug-likeness (QED) is 0.703. The first-order valence-electron chi connectivity index (χ1n) is 6.02. The SMILES string of the molecule is CC(C)C(C)(C)CNCCS(=O)(=O)C(C)C. The van der Waals surface area contributed by atoms with Gasteiger partial charge in [-0.1, -0.05) is 27.7 Å². The molecule has 0 aromatic carbocycles. The molecule has 0 bridgehead atoms. The third-order valence-electron chi connectivity index (χ3n) is 3.43. The van der Waals surface area contributed by atoms with Gasteiger partial charge in [0.05, 0.1) is 11.0 Å². The minimum absolute atomic E-state index is 0.210. The molecule has 0 fully saturated rings. The van der Waals surface area contributed by atoms with E-state index in [0.717, 1.165) is 6.54 Å². The zero-order valence-corrected chi connectivity index (χ0v) is 12.3. The molecule has 98 valence electrons. The van der Waals surface area contributed by atoms with Crippen molar-refractivity contribution in [1.82, 2.24) is 5.32 Å². The van der Waals surface area contributed by atoms with E-state index in [0.29, 0.717) is 12.5 Å². The largest absolute Gasteiger partial charge is 0.315 e. The first-order valence-corrected chi connectivity index (χ1v) is 7.73. The van der Waals surface area contributed by atoms with Crippen molar-refractivity contribution in [2.24, 2.45) is 11.3 Å². The van der Waals surface area contributed by atoms with Crippen molar-refractivity contribution in [2.75, 3.05) is 18.8 Å². The van der Waals surface area contributed by atoms with Gasteiger partial charge in [0, 0.05) is 13.1 Å². The fraction of sp³-hybridized carbons (Fsp3) is 1.00. The van der Waals surface area contributed by atoms with Crippen LogP contribution in [0.3, 0.4) is 0 Å². The number of hydrogen-bond donors (Lipinski definition) is 1. The number of rotatable bonds is 7. The summed E-state index contributed by atoms with van der Waals surface area (Å²) in [5, 5.41) is 2.97. The lowest BCUT2D eigenvalue weighted by Crippen LogP contribution is -2.36. The molecular formula is C12H27NO2S. The molecule has 0 atom stereocenters. The molecule has 0 amide bonds. The predicted molar refractivity (Wildman–Crippen MR) is 70.4 cm³/mol. The average molecular weight is 249 g/mol. The Morgan fingerprint density at radius 3 is 2.00 bits per heavy atom. The summed E-state index contributed by atoms with van der Waals surface area (Å²) in [6, 6.07) is 0. The highest BCUT2D eigenvalue weighted by Crippen LogP contribution is 2.24. The Kier molecular flexibility index (Phi) is 5.98. The van der Waals surface area contributed by atoms with E-state index in [1.165, 1.54) is 0 Å². The first-order chi connectivity index (χ1) is 7.09. The van der Waals surface area contributed by atoms with Crippen molar-refractivity contribution in [3.63, 3.8) is 0 Å². The van der Waals surface area contributed by atoms with Gasteiger partial charge in [0.25, 0.3) is 0 Å². The van der Waals surface area contributed by atoms with Gasteiger partial charge in [-0.15, -0.1) is 0 Å². The Balaban J connectivity index is 3.95. The summed E-state index contributed by atoms with van der Waals surface area (Å²) < 4.78 is 23.1. The fourth-order valence-corrected chi connectivity index (χ4v) is 1.97. The maximum Gasteiger partial charge on any atom is 0.153 e. The van der Waals surface area contributed by atoms with Crippen LogP contribution in [0.1, 0.15) is 41.5 Å². The van der Waals surface area contributed by atoms with Crippen LogP contribution in [0.4, 0.5) is 0 Å². The van der Waals surface area contributed by atoms with E-state index in [4.69, 9.17) is 0 Å². The number of sulfone groups is 1. The Morgan fingerprint density at radius 2 is 1.62 bits per heavy atom. The van der Waals surface area contributed by atoms with Crippen LogP contribution in [-0.4, -0.2) is 32.5 Å². The van der Waals surface area contributed by atoms with Crippen molar-refractivity contribution in [3.05, 3.63) is 0 Å². The summed E-state index contributed by atoms with van der Waals surface area (Å²) in [4.78, 5) is 0. The molecule has 0 rings (SSSR count). The second-order valence-electron chi connectivity index (χ2n) is 5.74. The molecule has 0 radical (unpaired) electrons. The van der Waals surface area contributed by atoms with Crippen LogP contribution in [0.5, 0.6) is 0 Å². The lowest BCUT2D eigenvalue weighted by atomic mass is 9.81. The normalized spacial score (nSPS) is 13.8. The van der Waals surface area contributed by atoms with Gasteiger partial charge in [0.1, 0.15) is 0 Å². The highest BCUT2D eigenvalue weighted by atomic mass is 32.2. The minimum atomic E-state index is -2.90. The van der Waals surface area contributed by atoms with Gasteiger partial charge in [-0.05, 0) is 25.2 Å². The van der Waals surface area contributed by atoms with E-state index in [2.05, 4.69) is 33.0 Å². The molecule has 16 heavy (non-hydrogen) atoms. The van der Waals surface area contributed by atoms with E-state index in [-0.39, 0.29) is 16.4 Å². The fourth-order valence-electron chi connectivity index (χ4n) is 1.06. The van der Waals surface area contributed by atoms with E-state index in [1.54, 1.807) is 13.8 Å². The summed E-state index contributed by atoms with van der Waals surface area (Å²) >= 11 is 0. The zero-order valence-electron chi connectivity index (χ0n) is 11.5. The molecule has 0 aliphatic carbocycles. The second-order valence-corrected chi connectivity index (χ2v) is 8.41. The second kappa shape index (κ2) is 6.01. The van der Waals surface area contributed by atoms with Gasteiger partial charge in [-0.2, -0.15) is 0 Å². The van der Waals surface area contributed by atoms with Crippen LogP contribution < -0.4 is 5.32 Å². The Hall–Kier alpha value is -0.0900. The topological polar surface area (TPSA) is 46.2 Å². The molecule has 4 heteroatoms. The molecule has 0 aliphatic heterocycles. The van der Waals surface area contributed by atoms with E-state index in [1.807, 2.05) is 0 Å². The lowest BCUT2D eigenvalue weighted by molar-refractivity contribution is 0.240. The Labute approximate surface area is 101 Å². The van der Waals surface area contributed by atoms with Crippen molar-refractivity contribution < 1.29 is 8.42 Å². The maximum atomic E-state index is 11.5. The molecule has 0 spiro atoms. The molecule has 0 aliphatic rings. The summed E-state index contributed by atoms with van der Waals surface area (Å²) in [5.41, 5.74) is 0.210. The van der Waals surface area contributed by atoms with Crippen molar-refractivity contribution in [1.29, 1.82) is 0 Å². The Morgan fingerprint density at radius 1 is 1.12 bits per heavy atom.